The van der Waals surface area contributed by atoms with Crippen molar-refractivity contribution >= 4 is 58.5 Å². The molecule has 1 heterocycles. The van der Waals surface area contributed by atoms with Crippen molar-refractivity contribution in [2.45, 2.75) is 76.3 Å². The maximum absolute atomic E-state index is 13.8. The summed E-state index contributed by atoms with van der Waals surface area (Å²) in [4.78, 5) is 67.9. The summed E-state index contributed by atoms with van der Waals surface area (Å²) in [6.45, 7) is 1.16. The van der Waals surface area contributed by atoms with Crippen LogP contribution in [0.2, 0.25) is 10.0 Å². The minimum Gasteiger partial charge on any atom is -0.481 e. The maximum atomic E-state index is 13.8. The van der Waals surface area contributed by atoms with Crippen molar-refractivity contribution in [3.05, 3.63) is 64.1 Å². The van der Waals surface area contributed by atoms with Crippen LogP contribution in [0.5, 0.6) is 0 Å². The van der Waals surface area contributed by atoms with Crippen molar-refractivity contribution in [1.29, 1.82) is 0 Å². The number of carbonyl (C=O) groups is 5. The first-order valence-electron chi connectivity index (χ1n) is 15.4. The third kappa shape index (κ3) is 9.43. The van der Waals surface area contributed by atoms with Gasteiger partial charge >= 0.3 is 5.97 Å². The third-order valence-corrected chi connectivity index (χ3v) is 9.38. The highest BCUT2D eigenvalue weighted by molar-refractivity contribution is 6.35. The van der Waals surface area contributed by atoms with Gasteiger partial charge in [-0.15, -0.1) is 0 Å². The highest BCUT2D eigenvalue weighted by Gasteiger charge is 2.39. The molecule has 2 fully saturated rings. The van der Waals surface area contributed by atoms with Gasteiger partial charge in [-0.25, -0.2) is 0 Å². The summed E-state index contributed by atoms with van der Waals surface area (Å²) < 4.78 is 0. The second-order valence-corrected chi connectivity index (χ2v) is 12.9. The van der Waals surface area contributed by atoms with Crippen LogP contribution in [0, 0.1) is 5.41 Å². The van der Waals surface area contributed by atoms with E-state index in [0.29, 0.717) is 18.8 Å². The van der Waals surface area contributed by atoms with Crippen LogP contribution in [-0.4, -0.2) is 71.8 Å². The lowest BCUT2D eigenvalue weighted by Crippen LogP contribution is -2.52. The number of nitrogens with zero attached hydrogens (tertiary/aromatic N) is 2. The number of likely N-dealkylation sites (N-methyl/N-ethyl adjacent to an activating group) is 1. The number of hydrogen-bond donors (Lipinski definition) is 3. The number of halogens is 2. The van der Waals surface area contributed by atoms with Crippen LogP contribution in [0.3, 0.4) is 0 Å². The van der Waals surface area contributed by atoms with E-state index < -0.39 is 35.8 Å². The molecule has 12 heteroatoms. The minimum atomic E-state index is -1.10. The normalized spacial score (nSPS) is 16.9. The molecule has 4 rings (SSSR count). The van der Waals surface area contributed by atoms with Gasteiger partial charge in [0.25, 0.3) is 5.91 Å². The molecule has 2 aliphatic rings. The molecule has 45 heavy (non-hydrogen) atoms. The van der Waals surface area contributed by atoms with Gasteiger partial charge in [0.15, 0.2) is 0 Å². The molecule has 2 aromatic rings. The molecule has 3 N–H and O–H groups in total. The van der Waals surface area contributed by atoms with E-state index in [2.05, 4.69) is 10.6 Å². The van der Waals surface area contributed by atoms with Crippen LogP contribution in [0.4, 0.5) is 5.69 Å². The molecule has 2 aromatic carbocycles. The van der Waals surface area contributed by atoms with Crippen LogP contribution >= 0.6 is 23.2 Å². The van der Waals surface area contributed by atoms with E-state index in [-0.39, 0.29) is 52.6 Å². The van der Waals surface area contributed by atoms with E-state index in [1.807, 2.05) is 0 Å². The number of benzene rings is 2. The van der Waals surface area contributed by atoms with Crippen molar-refractivity contribution in [3.8, 4) is 0 Å². The second kappa shape index (κ2) is 15.6. The lowest BCUT2D eigenvalue weighted by Gasteiger charge is -2.40. The van der Waals surface area contributed by atoms with E-state index in [9.17, 15) is 29.1 Å². The van der Waals surface area contributed by atoms with Crippen molar-refractivity contribution in [1.82, 2.24) is 15.5 Å². The Bertz CT molecular complexity index is 1370. The van der Waals surface area contributed by atoms with Gasteiger partial charge in [0.2, 0.25) is 17.7 Å². The standard InChI is InChI=1S/C33H40Cl2N4O6/c1-38(25-7-3-2-4-8-25)31(44)26(10-12-29(41)42)36-28(40)11-9-27(37-30(43)22-19-23(34)21-24(35)20-22)32(45)39-17-15-33(16-18-39)13-5-6-14-33/h2-4,7-8,19-21,26-27H,5-6,9-18H2,1H3,(H,36,40)(H,37,43)(H,41,42)/t26-,27-/m1/s1. The van der Waals surface area contributed by atoms with Gasteiger partial charge in [-0.05, 0) is 74.3 Å². The summed E-state index contributed by atoms with van der Waals surface area (Å²) in [7, 11) is 1.55. The van der Waals surface area contributed by atoms with Crippen molar-refractivity contribution in [2.24, 2.45) is 5.41 Å². The number of piperidine rings is 1. The number of rotatable bonds is 12. The summed E-state index contributed by atoms with van der Waals surface area (Å²) in [5.74, 6) is -2.94. The average Bonchev–Trinajstić information content (AvgIpc) is 3.47. The van der Waals surface area contributed by atoms with E-state index in [1.165, 1.54) is 48.8 Å². The molecular formula is C33H40Cl2N4O6. The quantitative estimate of drug-likeness (QED) is 0.291. The van der Waals surface area contributed by atoms with Crippen LogP contribution in [0.25, 0.3) is 0 Å². The predicted octanol–water partition coefficient (Wildman–Crippen LogP) is 5.07. The van der Waals surface area contributed by atoms with Gasteiger partial charge in [-0.2, -0.15) is 0 Å². The molecule has 4 amide bonds. The molecule has 0 unspecified atom stereocenters. The Morgan fingerprint density at radius 2 is 1.47 bits per heavy atom. The van der Waals surface area contributed by atoms with Crippen LogP contribution in [-0.2, 0) is 19.2 Å². The Labute approximate surface area is 273 Å². The SMILES string of the molecule is CN(C(=O)[C@@H](CCC(=O)O)NC(=O)CC[C@@H](NC(=O)c1cc(Cl)cc(Cl)c1)C(=O)N1CCC2(CCCC2)CC1)c1ccccc1. The summed E-state index contributed by atoms with van der Waals surface area (Å²) >= 11 is 12.2. The Morgan fingerprint density at radius 3 is 2.07 bits per heavy atom. The first kappa shape index (κ1) is 34.2. The second-order valence-electron chi connectivity index (χ2n) is 12.0. The molecule has 0 bridgehead atoms. The average molecular weight is 660 g/mol. The Hall–Kier alpha value is -3.63. The number of aliphatic carboxylic acids is 1. The number of para-hydroxylation sites is 1. The van der Waals surface area contributed by atoms with Gasteiger partial charge in [0.05, 0.1) is 0 Å². The molecule has 242 valence electrons. The summed E-state index contributed by atoms with van der Waals surface area (Å²) in [6, 6.07) is 11.1. The van der Waals surface area contributed by atoms with Crippen LogP contribution in [0.1, 0.15) is 74.6 Å². The highest BCUT2D eigenvalue weighted by atomic mass is 35.5. The van der Waals surface area contributed by atoms with Crippen molar-refractivity contribution < 1.29 is 29.1 Å². The molecule has 0 aromatic heterocycles. The third-order valence-electron chi connectivity index (χ3n) is 8.94. The lowest BCUT2D eigenvalue weighted by atomic mass is 9.77. The van der Waals surface area contributed by atoms with Crippen molar-refractivity contribution in [2.75, 3.05) is 25.0 Å². The fraction of sp³-hybridized carbons (Fsp3) is 0.485. The summed E-state index contributed by atoms with van der Waals surface area (Å²) in [6.07, 6.45) is 5.94. The van der Waals surface area contributed by atoms with Crippen LogP contribution < -0.4 is 15.5 Å². The van der Waals surface area contributed by atoms with E-state index in [0.717, 1.165) is 12.8 Å². The fourth-order valence-electron chi connectivity index (χ4n) is 6.31. The van der Waals surface area contributed by atoms with E-state index >= 15 is 0 Å². The molecule has 2 atom stereocenters. The Morgan fingerprint density at radius 1 is 0.867 bits per heavy atom. The molecular weight excluding hydrogens is 619 g/mol. The molecule has 1 aliphatic heterocycles. The lowest BCUT2D eigenvalue weighted by molar-refractivity contribution is -0.138. The first-order chi connectivity index (χ1) is 21.5. The number of anilines is 1. The van der Waals surface area contributed by atoms with E-state index in [1.54, 1.807) is 42.3 Å². The molecule has 1 aliphatic carbocycles. The van der Waals surface area contributed by atoms with E-state index in [4.69, 9.17) is 23.2 Å². The molecule has 1 spiro atoms. The maximum Gasteiger partial charge on any atom is 0.303 e. The van der Waals surface area contributed by atoms with Gasteiger partial charge in [-0.1, -0.05) is 54.2 Å². The number of carboxylic acids is 1. The predicted molar refractivity (Wildman–Crippen MR) is 172 cm³/mol. The highest BCUT2D eigenvalue weighted by Crippen LogP contribution is 2.46. The smallest absolute Gasteiger partial charge is 0.303 e. The Kier molecular flexibility index (Phi) is 11.9. The Balaban J connectivity index is 1.45. The molecule has 0 radical (unpaired) electrons. The number of nitrogens with one attached hydrogen (secondary N) is 2. The zero-order valence-corrected chi connectivity index (χ0v) is 26.9. The number of amides is 4. The summed E-state index contributed by atoms with van der Waals surface area (Å²) in [5.41, 5.74) is 1.06. The zero-order chi connectivity index (χ0) is 32.6. The largest absolute Gasteiger partial charge is 0.481 e. The van der Waals surface area contributed by atoms with Gasteiger partial charge in [-0.3, -0.25) is 24.0 Å². The molecule has 10 nitrogen and oxygen atoms in total. The number of likely N-dealkylation sites (tertiary alicyclic amines) is 1. The first-order valence-corrected chi connectivity index (χ1v) is 16.1. The van der Waals surface area contributed by atoms with Gasteiger partial charge in [0, 0.05) is 54.3 Å². The van der Waals surface area contributed by atoms with Crippen molar-refractivity contribution in [3.63, 3.8) is 0 Å². The van der Waals surface area contributed by atoms with Gasteiger partial charge < -0.3 is 25.5 Å². The number of carbonyl (C=O) groups excluding carboxylic acids is 4. The topological polar surface area (TPSA) is 136 Å². The number of carboxylic acid groups (broad SMARTS) is 1. The van der Waals surface area contributed by atoms with Gasteiger partial charge in [0.1, 0.15) is 12.1 Å². The minimum absolute atomic E-state index is 0.0271. The molecule has 1 saturated heterocycles. The summed E-state index contributed by atoms with van der Waals surface area (Å²) in [5, 5.41) is 15.2. The van der Waals surface area contributed by atoms with Crippen LogP contribution in [0.15, 0.2) is 48.5 Å². The monoisotopic (exact) mass is 658 g/mol. The number of hydrogen-bond acceptors (Lipinski definition) is 5. The fourth-order valence-corrected chi connectivity index (χ4v) is 6.84. The molecule has 1 saturated carbocycles. The zero-order valence-electron chi connectivity index (χ0n) is 25.4.